The van der Waals surface area contributed by atoms with E-state index in [0.29, 0.717) is 17.9 Å². The van der Waals surface area contributed by atoms with E-state index in [9.17, 15) is 4.79 Å². The van der Waals surface area contributed by atoms with Crippen molar-refractivity contribution in [2.75, 3.05) is 6.61 Å². The van der Waals surface area contributed by atoms with Gasteiger partial charge in [0.2, 0.25) is 5.78 Å². The van der Waals surface area contributed by atoms with E-state index in [4.69, 9.17) is 4.74 Å². The van der Waals surface area contributed by atoms with Crippen LogP contribution >= 0.6 is 0 Å². The zero-order valence-corrected chi connectivity index (χ0v) is 9.62. The molecule has 0 bridgehead atoms. The highest BCUT2D eigenvalue weighted by Gasteiger charge is 2.18. The minimum Gasteiger partial charge on any atom is -0.490 e. The topological polar surface area (TPSA) is 39.2 Å². The van der Waals surface area contributed by atoms with Gasteiger partial charge in [0.25, 0.3) is 0 Å². The Morgan fingerprint density at radius 2 is 2.19 bits per heavy atom. The van der Waals surface area contributed by atoms with Crippen molar-refractivity contribution in [1.29, 1.82) is 0 Å². The summed E-state index contributed by atoms with van der Waals surface area (Å²) in [6.07, 6.45) is 3.77. The summed E-state index contributed by atoms with van der Waals surface area (Å²) in [6.45, 7) is 4.40. The predicted molar refractivity (Wildman–Crippen MR) is 61.3 cm³/mol. The molecule has 1 aromatic rings. The SMILES string of the molecule is Cc1ccc(C(=O)C2=CCCCO2)c(C)n1. The highest BCUT2D eigenvalue weighted by molar-refractivity contribution is 6.08. The van der Waals surface area contributed by atoms with Crippen LogP contribution in [0.15, 0.2) is 24.0 Å². The molecule has 0 amide bonds. The number of hydrogen-bond acceptors (Lipinski definition) is 3. The van der Waals surface area contributed by atoms with Gasteiger partial charge in [0.1, 0.15) is 0 Å². The number of allylic oxidation sites excluding steroid dienone is 2. The smallest absolute Gasteiger partial charge is 0.229 e. The molecule has 0 unspecified atom stereocenters. The summed E-state index contributed by atoms with van der Waals surface area (Å²) in [4.78, 5) is 16.4. The molecule has 0 aliphatic carbocycles. The van der Waals surface area contributed by atoms with Gasteiger partial charge in [0.05, 0.1) is 6.61 Å². The van der Waals surface area contributed by atoms with Crippen molar-refractivity contribution in [2.45, 2.75) is 26.7 Å². The molecule has 0 radical (unpaired) electrons. The first-order chi connectivity index (χ1) is 7.68. The number of ether oxygens (including phenoxy) is 1. The maximum absolute atomic E-state index is 12.1. The minimum atomic E-state index is -0.0512. The van der Waals surface area contributed by atoms with Crippen molar-refractivity contribution < 1.29 is 9.53 Å². The monoisotopic (exact) mass is 217 g/mol. The fraction of sp³-hybridized carbons (Fsp3) is 0.385. The van der Waals surface area contributed by atoms with Gasteiger partial charge in [-0.2, -0.15) is 0 Å². The number of nitrogens with zero attached hydrogens (tertiary/aromatic N) is 1. The van der Waals surface area contributed by atoms with E-state index in [1.54, 1.807) is 0 Å². The van der Waals surface area contributed by atoms with Crippen molar-refractivity contribution in [1.82, 2.24) is 4.98 Å². The lowest BCUT2D eigenvalue weighted by Gasteiger charge is -2.14. The molecule has 1 aromatic heterocycles. The first kappa shape index (κ1) is 10.9. The first-order valence-electron chi connectivity index (χ1n) is 5.50. The zero-order chi connectivity index (χ0) is 11.5. The lowest BCUT2D eigenvalue weighted by molar-refractivity contribution is 0.0898. The van der Waals surface area contributed by atoms with Crippen LogP contribution in [0.3, 0.4) is 0 Å². The van der Waals surface area contributed by atoms with E-state index >= 15 is 0 Å². The quantitative estimate of drug-likeness (QED) is 0.715. The van der Waals surface area contributed by atoms with Crippen LogP contribution in [0.4, 0.5) is 0 Å². The molecule has 1 aliphatic heterocycles. The molecule has 2 rings (SSSR count). The van der Waals surface area contributed by atoms with Crippen molar-refractivity contribution in [2.24, 2.45) is 0 Å². The van der Waals surface area contributed by atoms with Crippen molar-refractivity contribution in [3.8, 4) is 0 Å². The Bertz CT molecular complexity index is 449. The summed E-state index contributed by atoms with van der Waals surface area (Å²) in [5.74, 6) is 0.421. The van der Waals surface area contributed by atoms with Crippen molar-refractivity contribution in [3.05, 3.63) is 40.9 Å². The van der Waals surface area contributed by atoms with Crippen molar-refractivity contribution >= 4 is 5.78 Å². The van der Waals surface area contributed by atoms with Gasteiger partial charge in [-0.25, -0.2) is 0 Å². The molecule has 16 heavy (non-hydrogen) atoms. The number of pyridine rings is 1. The summed E-state index contributed by atoms with van der Waals surface area (Å²) in [5.41, 5.74) is 2.33. The summed E-state index contributed by atoms with van der Waals surface area (Å²) in [5, 5.41) is 0. The second-order valence-corrected chi connectivity index (χ2v) is 3.97. The van der Waals surface area contributed by atoms with E-state index in [2.05, 4.69) is 4.98 Å². The molecule has 0 fully saturated rings. The van der Waals surface area contributed by atoms with Gasteiger partial charge in [-0.05, 0) is 44.9 Å². The average Bonchev–Trinajstić information content (AvgIpc) is 2.29. The number of carbonyl (C=O) groups excluding carboxylic acids is 1. The third-order valence-electron chi connectivity index (χ3n) is 2.63. The van der Waals surface area contributed by atoms with E-state index in [1.807, 2.05) is 32.1 Å². The Kier molecular flexibility index (Phi) is 3.04. The minimum absolute atomic E-state index is 0.0512. The molecule has 1 aliphatic rings. The van der Waals surface area contributed by atoms with Gasteiger partial charge in [0, 0.05) is 17.0 Å². The van der Waals surface area contributed by atoms with E-state index < -0.39 is 0 Å². The van der Waals surface area contributed by atoms with Gasteiger partial charge in [0.15, 0.2) is 5.76 Å². The standard InChI is InChI=1S/C13H15NO2/c1-9-6-7-11(10(2)14-9)13(15)12-5-3-4-8-16-12/h5-7H,3-4,8H2,1-2H3. The van der Waals surface area contributed by atoms with Gasteiger partial charge in [-0.3, -0.25) is 9.78 Å². The molecule has 0 N–H and O–H groups in total. The van der Waals surface area contributed by atoms with E-state index in [0.717, 1.165) is 24.2 Å². The normalized spacial score (nSPS) is 15.2. The fourth-order valence-electron chi connectivity index (χ4n) is 1.78. The predicted octanol–water partition coefficient (Wildman–Crippen LogP) is 2.58. The van der Waals surface area contributed by atoms with Crippen molar-refractivity contribution in [3.63, 3.8) is 0 Å². The van der Waals surface area contributed by atoms with Crippen LogP contribution in [-0.2, 0) is 4.74 Å². The highest BCUT2D eigenvalue weighted by atomic mass is 16.5. The maximum Gasteiger partial charge on any atom is 0.229 e. The molecular formula is C13H15NO2. The molecule has 0 aromatic carbocycles. The third-order valence-corrected chi connectivity index (χ3v) is 2.63. The average molecular weight is 217 g/mol. The first-order valence-corrected chi connectivity index (χ1v) is 5.50. The summed E-state index contributed by atoms with van der Waals surface area (Å²) in [6, 6.07) is 3.67. The van der Waals surface area contributed by atoms with Crippen LogP contribution in [0, 0.1) is 13.8 Å². The second-order valence-electron chi connectivity index (χ2n) is 3.97. The molecule has 84 valence electrons. The summed E-state index contributed by atoms with van der Waals surface area (Å²) < 4.78 is 5.36. The Labute approximate surface area is 95.2 Å². The molecule has 2 heterocycles. The van der Waals surface area contributed by atoms with Gasteiger partial charge in [-0.15, -0.1) is 0 Å². The van der Waals surface area contributed by atoms with E-state index in [-0.39, 0.29) is 5.78 Å². The Hall–Kier alpha value is -1.64. The molecule has 0 saturated heterocycles. The van der Waals surface area contributed by atoms with E-state index in [1.165, 1.54) is 0 Å². The molecular weight excluding hydrogens is 202 g/mol. The number of Topliss-reactive ketones (excluding diaryl/α,β-unsaturated/α-hetero) is 1. The zero-order valence-electron chi connectivity index (χ0n) is 9.62. The Balaban J connectivity index is 2.30. The van der Waals surface area contributed by atoms with Crippen LogP contribution in [0.1, 0.15) is 34.6 Å². The number of rotatable bonds is 2. The Morgan fingerprint density at radius 3 is 2.81 bits per heavy atom. The second kappa shape index (κ2) is 4.47. The molecule has 0 spiro atoms. The number of aromatic nitrogens is 1. The lowest BCUT2D eigenvalue weighted by atomic mass is 10.1. The summed E-state index contributed by atoms with van der Waals surface area (Å²) in [7, 11) is 0. The summed E-state index contributed by atoms with van der Waals surface area (Å²) >= 11 is 0. The molecule has 3 nitrogen and oxygen atoms in total. The molecule has 3 heteroatoms. The highest BCUT2D eigenvalue weighted by Crippen LogP contribution is 2.17. The van der Waals surface area contributed by atoms with Crippen LogP contribution in [0.25, 0.3) is 0 Å². The van der Waals surface area contributed by atoms with Gasteiger partial charge in [-0.1, -0.05) is 0 Å². The van der Waals surface area contributed by atoms with Crippen LogP contribution in [0.5, 0.6) is 0 Å². The Morgan fingerprint density at radius 1 is 1.38 bits per heavy atom. The largest absolute Gasteiger partial charge is 0.490 e. The van der Waals surface area contributed by atoms with Gasteiger partial charge < -0.3 is 4.74 Å². The number of ketones is 1. The van der Waals surface area contributed by atoms with Crippen LogP contribution in [-0.4, -0.2) is 17.4 Å². The molecule has 0 atom stereocenters. The number of aryl methyl sites for hydroxylation is 2. The van der Waals surface area contributed by atoms with Gasteiger partial charge >= 0.3 is 0 Å². The third kappa shape index (κ3) is 2.13. The van der Waals surface area contributed by atoms with Crippen LogP contribution < -0.4 is 0 Å². The maximum atomic E-state index is 12.1. The fourth-order valence-corrected chi connectivity index (χ4v) is 1.78. The lowest BCUT2D eigenvalue weighted by Crippen LogP contribution is -2.13. The molecule has 0 saturated carbocycles. The van der Waals surface area contributed by atoms with Crippen LogP contribution in [0.2, 0.25) is 0 Å². The number of carbonyl (C=O) groups is 1. The number of hydrogen-bond donors (Lipinski definition) is 0.